The molecule has 0 aromatic heterocycles. The average molecular weight is 575 g/mol. The quantitative estimate of drug-likeness (QED) is 0.113. The van der Waals surface area contributed by atoms with Crippen LogP contribution in [0.4, 0.5) is 0 Å². The summed E-state index contributed by atoms with van der Waals surface area (Å²) in [5, 5.41) is 0. The molecule has 4 aromatic carbocycles. The van der Waals surface area contributed by atoms with Crippen molar-refractivity contribution in [1.82, 2.24) is 0 Å². The first-order chi connectivity index (χ1) is 20.9. The molecule has 218 valence electrons. The number of carbonyl (C=O) groups excluding carboxylic acids is 2. The molecule has 0 heterocycles. The Morgan fingerprint density at radius 2 is 1.19 bits per heavy atom. The van der Waals surface area contributed by atoms with E-state index in [0.29, 0.717) is 11.5 Å². The van der Waals surface area contributed by atoms with Crippen molar-refractivity contribution in [2.75, 3.05) is 13.2 Å². The highest BCUT2D eigenvalue weighted by Gasteiger charge is 2.31. The monoisotopic (exact) mass is 574 g/mol. The lowest BCUT2D eigenvalue weighted by Crippen LogP contribution is -2.20. The maximum Gasteiger partial charge on any atom is 0.330 e. The van der Waals surface area contributed by atoms with Gasteiger partial charge in [0.2, 0.25) is 0 Å². The van der Waals surface area contributed by atoms with Gasteiger partial charge in [-0.05, 0) is 77.1 Å². The lowest BCUT2D eigenvalue weighted by atomic mass is 9.88. The predicted molar refractivity (Wildman–Crippen MR) is 167 cm³/mol. The summed E-state index contributed by atoms with van der Waals surface area (Å²) in [5.74, 6) is 0.556. The molecule has 3 unspecified atom stereocenters. The molecule has 1 aliphatic rings. The summed E-state index contributed by atoms with van der Waals surface area (Å²) in [6.45, 7) is 10.9. The molecule has 1 aliphatic carbocycles. The number of hydrogen-bond donors (Lipinski definition) is 0. The first-order valence-electron chi connectivity index (χ1n) is 14.2. The minimum absolute atomic E-state index is 0.0787. The summed E-state index contributed by atoms with van der Waals surface area (Å²) in [7, 11) is 0. The van der Waals surface area contributed by atoms with Crippen molar-refractivity contribution in [3.63, 3.8) is 0 Å². The Balaban J connectivity index is 1.36. The molecule has 0 N–H and O–H groups in total. The molecular weight excluding hydrogens is 540 g/mol. The number of carbonyl (C=O) groups is 2. The summed E-state index contributed by atoms with van der Waals surface area (Å²) in [6, 6.07) is 31.1. The van der Waals surface area contributed by atoms with Crippen molar-refractivity contribution >= 4 is 11.9 Å². The number of esters is 2. The smallest absolute Gasteiger partial charge is 0.330 e. The molecule has 0 aliphatic heterocycles. The molecule has 0 bridgehead atoms. The van der Waals surface area contributed by atoms with E-state index in [2.05, 4.69) is 79.9 Å². The van der Waals surface area contributed by atoms with E-state index in [-0.39, 0.29) is 31.3 Å². The van der Waals surface area contributed by atoms with E-state index < -0.39 is 11.9 Å². The van der Waals surface area contributed by atoms with E-state index >= 15 is 0 Å². The third kappa shape index (κ3) is 6.70. The largest absolute Gasteiger partial charge is 0.490 e. The van der Waals surface area contributed by atoms with Gasteiger partial charge in [0.1, 0.15) is 36.9 Å². The van der Waals surface area contributed by atoms with E-state index in [1.54, 1.807) is 13.8 Å². The molecule has 0 radical (unpaired) electrons. The van der Waals surface area contributed by atoms with Crippen molar-refractivity contribution in [1.29, 1.82) is 0 Å². The Morgan fingerprint density at radius 3 is 1.77 bits per heavy atom. The van der Waals surface area contributed by atoms with Gasteiger partial charge < -0.3 is 18.9 Å². The third-order valence-electron chi connectivity index (χ3n) is 7.27. The van der Waals surface area contributed by atoms with Crippen molar-refractivity contribution < 1.29 is 28.5 Å². The van der Waals surface area contributed by atoms with Crippen LogP contribution in [0, 0.1) is 0 Å². The van der Waals surface area contributed by atoms with Crippen molar-refractivity contribution in [3.05, 3.63) is 133 Å². The Kier molecular flexibility index (Phi) is 9.06. The van der Waals surface area contributed by atoms with E-state index in [9.17, 15) is 9.59 Å². The maximum absolute atomic E-state index is 11.4. The number of hydrogen-bond acceptors (Lipinski definition) is 6. The normalized spacial score (nSPS) is 14.4. The second kappa shape index (κ2) is 13.3. The van der Waals surface area contributed by atoms with Crippen LogP contribution in [0.2, 0.25) is 0 Å². The molecule has 0 saturated heterocycles. The van der Waals surface area contributed by atoms with Gasteiger partial charge in [-0.1, -0.05) is 79.9 Å². The maximum atomic E-state index is 11.4. The van der Waals surface area contributed by atoms with Crippen molar-refractivity contribution in [3.8, 4) is 33.8 Å². The summed E-state index contributed by atoms with van der Waals surface area (Å²) < 4.78 is 22.1. The van der Waals surface area contributed by atoms with Crippen LogP contribution in [0.25, 0.3) is 22.3 Å². The molecule has 6 heteroatoms. The Hall–Kier alpha value is -5.10. The number of ether oxygens (including phenoxy) is 4. The highest BCUT2D eigenvalue weighted by atomic mass is 16.6. The van der Waals surface area contributed by atoms with Crippen LogP contribution in [0.5, 0.6) is 11.5 Å². The summed E-state index contributed by atoms with van der Waals surface area (Å²) in [6.07, 6.45) is 1.52. The predicted octanol–water partition coefficient (Wildman–Crippen LogP) is 7.51. The SMILES string of the molecule is C=CC(=O)OC(C)COc1ccc(-c2cccc3c2-c2ccccc2C3c2ccc(OCC(C)OC(=O)C=C)cc2)cc1. The molecule has 43 heavy (non-hydrogen) atoms. The number of rotatable bonds is 12. The van der Waals surface area contributed by atoms with Crippen LogP contribution in [0.15, 0.2) is 116 Å². The van der Waals surface area contributed by atoms with Gasteiger partial charge in [0.25, 0.3) is 0 Å². The van der Waals surface area contributed by atoms with Gasteiger partial charge in [0.15, 0.2) is 0 Å². The van der Waals surface area contributed by atoms with E-state index in [1.165, 1.54) is 22.3 Å². The average Bonchev–Trinajstić information content (AvgIpc) is 3.38. The zero-order chi connectivity index (χ0) is 30.3. The van der Waals surface area contributed by atoms with E-state index in [1.807, 2.05) is 24.3 Å². The second-order valence-corrected chi connectivity index (χ2v) is 10.4. The van der Waals surface area contributed by atoms with Gasteiger partial charge in [-0.15, -0.1) is 0 Å². The number of benzene rings is 4. The summed E-state index contributed by atoms with van der Waals surface area (Å²) in [4.78, 5) is 22.8. The Labute approximate surface area is 252 Å². The molecule has 0 spiro atoms. The molecule has 6 nitrogen and oxygen atoms in total. The van der Waals surface area contributed by atoms with Gasteiger partial charge in [0.05, 0.1) is 0 Å². The minimum Gasteiger partial charge on any atom is -0.490 e. The Bertz CT molecular complexity index is 1620. The highest BCUT2D eigenvalue weighted by molar-refractivity contribution is 5.92. The van der Waals surface area contributed by atoms with Crippen molar-refractivity contribution in [2.24, 2.45) is 0 Å². The van der Waals surface area contributed by atoms with Crippen LogP contribution in [0.3, 0.4) is 0 Å². The van der Waals surface area contributed by atoms with Crippen molar-refractivity contribution in [2.45, 2.75) is 32.0 Å². The summed E-state index contributed by atoms with van der Waals surface area (Å²) >= 11 is 0. The highest BCUT2D eigenvalue weighted by Crippen LogP contribution is 2.51. The lowest BCUT2D eigenvalue weighted by molar-refractivity contribution is -0.144. The first-order valence-corrected chi connectivity index (χ1v) is 14.2. The fraction of sp³-hybridized carbons (Fsp3) is 0.189. The fourth-order valence-corrected chi connectivity index (χ4v) is 5.33. The first kappa shape index (κ1) is 29.4. The Morgan fingerprint density at radius 1 is 0.674 bits per heavy atom. The summed E-state index contributed by atoms with van der Waals surface area (Å²) in [5.41, 5.74) is 8.34. The van der Waals surface area contributed by atoms with Crippen LogP contribution < -0.4 is 9.47 Å². The van der Waals surface area contributed by atoms with Gasteiger partial charge in [0, 0.05) is 18.1 Å². The third-order valence-corrected chi connectivity index (χ3v) is 7.27. The van der Waals surface area contributed by atoms with Crippen LogP contribution in [-0.2, 0) is 19.1 Å². The molecule has 0 saturated carbocycles. The minimum atomic E-state index is -0.467. The molecule has 0 fully saturated rings. The number of fused-ring (bicyclic) bond motifs is 3. The zero-order valence-corrected chi connectivity index (χ0v) is 24.3. The van der Waals surface area contributed by atoms with Gasteiger partial charge >= 0.3 is 11.9 Å². The van der Waals surface area contributed by atoms with E-state index in [0.717, 1.165) is 28.8 Å². The fourth-order valence-electron chi connectivity index (χ4n) is 5.33. The van der Waals surface area contributed by atoms with E-state index in [4.69, 9.17) is 18.9 Å². The molecule has 4 aromatic rings. The second-order valence-electron chi connectivity index (χ2n) is 10.4. The molecule has 0 amide bonds. The standard InChI is InChI=1S/C37H34O6/c1-5-34(38)42-24(3)22-40-28-18-14-26(15-19-28)30-12-9-13-33-36(31-10-7-8-11-32(31)37(30)33)27-16-20-29(21-17-27)41-23-25(4)43-35(39)6-2/h5-21,24-25,36H,1-2,22-23H2,3-4H3. The van der Waals surface area contributed by atoms with Crippen LogP contribution in [0.1, 0.15) is 36.5 Å². The van der Waals surface area contributed by atoms with Crippen LogP contribution in [-0.4, -0.2) is 37.4 Å². The molecule has 3 atom stereocenters. The zero-order valence-electron chi connectivity index (χ0n) is 24.3. The lowest BCUT2D eigenvalue weighted by Gasteiger charge is -2.17. The molecule has 5 rings (SSSR count). The molecular formula is C37H34O6. The van der Waals surface area contributed by atoms with Gasteiger partial charge in [-0.3, -0.25) is 0 Å². The van der Waals surface area contributed by atoms with Crippen LogP contribution >= 0.6 is 0 Å². The van der Waals surface area contributed by atoms with Gasteiger partial charge in [-0.2, -0.15) is 0 Å². The topological polar surface area (TPSA) is 71.1 Å². The van der Waals surface area contributed by atoms with Gasteiger partial charge in [-0.25, -0.2) is 9.59 Å².